The molecule has 3 heterocycles. The molecule has 0 saturated carbocycles. The van der Waals surface area contributed by atoms with Crippen LogP contribution in [0.1, 0.15) is 39.2 Å². The van der Waals surface area contributed by atoms with Crippen LogP contribution < -0.4 is 15.5 Å². The summed E-state index contributed by atoms with van der Waals surface area (Å²) in [5, 5.41) is 16.6. The van der Waals surface area contributed by atoms with Crippen LogP contribution in [0.4, 0.5) is 11.4 Å². The van der Waals surface area contributed by atoms with E-state index in [1.54, 1.807) is 16.7 Å². The van der Waals surface area contributed by atoms with Gasteiger partial charge < -0.3 is 25.5 Å². The number of rotatable bonds is 12. The van der Waals surface area contributed by atoms with Crippen LogP contribution in [0.5, 0.6) is 0 Å². The molecule has 10 heteroatoms. The van der Waals surface area contributed by atoms with Crippen LogP contribution in [0.25, 0.3) is 0 Å². The molecule has 2 aromatic carbocycles. The van der Waals surface area contributed by atoms with Crippen molar-refractivity contribution >= 4 is 56.8 Å². The third kappa shape index (κ3) is 5.46. The molecule has 3 fully saturated rings. The number of alkyl halides is 1. The van der Waals surface area contributed by atoms with E-state index in [1.807, 2.05) is 61.5 Å². The standard InChI is InChI=1S/C32H41BrN4O4S/c1-4-16-34-29(39)25-26-31(41)37(23(19-38)17-20-10-8-7-9-11-20)28(32(26)18-24(33)27(25)42-32)30(40)35-21-12-14-22(15-13-21)36(5-2)6-3/h7-15,23-28,38H,4-6,16-19H2,1-3H3,(H,34,39)(H,35,40)/t23-,24?,25-,26+,27-,28?,32?/m1/s1. The SMILES string of the molecule is CCCNC(=O)[C@H]1[C@@H]2SC3(CC2Br)C(C(=O)Nc2ccc(N(CC)CC)cc2)N([C@@H](CO)Cc2ccccc2)C(=O)[C@H]13. The predicted octanol–water partition coefficient (Wildman–Crippen LogP) is 4.07. The van der Waals surface area contributed by atoms with Gasteiger partial charge in [0, 0.05) is 41.1 Å². The largest absolute Gasteiger partial charge is 0.394 e. The molecule has 2 bridgehead atoms. The van der Waals surface area contributed by atoms with Gasteiger partial charge in [-0.3, -0.25) is 14.4 Å². The van der Waals surface area contributed by atoms with Crippen molar-refractivity contribution in [3.63, 3.8) is 0 Å². The molecule has 3 amide bonds. The van der Waals surface area contributed by atoms with Gasteiger partial charge in [0.25, 0.3) is 0 Å². The van der Waals surface area contributed by atoms with E-state index in [0.717, 1.165) is 30.8 Å². The van der Waals surface area contributed by atoms with Crippen molar-refractivity contribution in [2.75, 3.05) is 36.5 Å². The van der Waals surface area contributed by atoms with E-state index in [2.05, 4.69) is 45.3 Å². The van der Waals surface area contributed by atoms with Crippen molar-refractivity contribution in [2.24, 2.45) is 11.8 Å². The first-order valence-corrected chi connectivity index (χ1v) is 16.8. The Morgan fingerprint density at radius 1 is 1.10 bits per heavy atom. The smallest absolute Gasteiger partial charge is 0.248 e. The molecular formula is C32H41BrN4O4S. The highest BCUT2D eigenvalue weighted by atomic mass is 79.9. The van der Waals surface area contributed by atoms with Gasteiger partial charge in [-0.15, -0.1) is 11.8 Å². The fraction of sp³-hybridized carbons (Fsp3) is 0.531. The highest BCUT2D eigenvalue weighted by Gasteiger charge is 2.76. The summed E-state index contributed by atoms with van der Waals surface area (Å²) in [4.78, 5) is 46.1. The lowest BCUT2D eigenvalue weighted by Gasteiger charge is -2.37. The van der Waals surface area contributed by atoms with Crippen molar-refractivity contribution in [2.45, 2.75) is 66.9 Å². The Bertz CT molecular complexity index is 1280. The molecule has 3 unspecified atom stereocenters. The number of likely N-dealkylation sites (tertiary alicyclic amines) is 1. The van der Waals surface area contributed by atoms with E-state index < -0.39 is 28.7 Å². The second-order valence-electron chi connectivity index (χ2n) is 11.4. The Kier molecular flexibility index (Phi) is 9.54. The average molecular weight is 658 g/mol. The first-order valence-electron chi connectivity index (χ1n) is 15.0. The highest BCUT2D eigenvalue weighted by molar-refractivity contribution is 9.09. The van der Waals surface area contributed by atoms with Gasteiger partial charge in [0.05, 0.1) is 29.2 Å². The van der Waals surface area contributed by atoms with Gasteiger partial charge in [0.1, 0.15) is 6.04 Å². The lowest BCUT2D eigenvalue weighted by Crippen LogP contribution is -2.55. The van der Waals surface area contributed by atoms with Gasteiger partial charge in [0.15, 0.2) is 0 Å². The van der Waals surface area contributed by atoms with E-state index >= 15 is 0 Å². The van der Waals surface area contributed by atoms with Crippen LogP contribution in [-0.2, 0) is 20.8 Å². The van der Waals surface area contributed by atoms with Crippen LogP contribution in [0.2, 0.25) is 0 Å². The summed E-state index contributed by atoms with van der Waals surface area (Å²) in [6.07, 6.45) is 1.80. The Hall–Kier alpha value is -2.56. The molecule has 0 aliphatic carbocycles. The summed E-state index contributed by atoms with van der Waals surface area (Å²) in [7, 11) is 0. The van der Waals surface area contributed by atoms with Gasteiger partial charge in [-0.05, 0) is 62.9 Å². The monoisotopic (exact) mass is 656 g/mol. The lowest BCUT2D eigenvalue weighted by molar-refractivity contribution is -0.142. The van der Waals surface area contributed by atoms with Crippen LogP contribution in [0.3, 0.4) is 0 Å². The number of anilines is 2. The second kappa shape index (κ2) is 13.0. The Morgan fingerprint density at radius 3 is 2.40 bits per heavy atom. The first kappa shape index (κ1) is 30.9. The molecule has 3 saturated heterocycles. The summed E-state index contributed by atoms with van der Waals surface area (Å²) in [5.41, 5.74) is 2.69. The zero-order chi connectivity index (χ0) is 30.0. The number of nitrogens with zero attached hydrogens (tertiary/aromatic N) is 2. The van der Waals surface area contributed by atoms with Gasteiger partial charge in [-0.1, -0.05) is 53.2 Å². The van der Waals surface area contributed by atoms with Crippen molar-refractivity contribution < 1.29 is 19.5 Å². The molecule has 1 spiro atoms. The van der Waals surface area contributed by atoms with Crippen molar-refractivity contribution in [1.82, 2.24) is 10.2 Å². The Labute approximate surface area is 261 Å². The number of amides is 3. The van der Waals surface area contributed by atoms with Crippen molar-refractivity contribution in [1.29, 1.82) is 0 Å². The number of nitrogens with one attached hydrogen (secondary N) is 2. The minimum Gasteiger partial charge on any atom is -0.394 e. The van der Waals surface area contributed by atoms with Gasteiger partial charge in [-0.25, -0.2) is 0 Å². The molecule has 7 atom stereocenters. The number of carbonyl (C=O) groups is 3. The topological polar surface area (TPSA) is 102 Å². The van der Waals surface area contributed by atoms with Crippen LogP contribution in [-0.4, -0.2) is 80.9 Å². The zero-order valence-corrected chi connectivity index (χ0v) is 26.9. The van der Waals surface area contributed by atoms with E-state index in [9.17, 15) is 19.5 Å². The number of halogens is 1. The number of thioether (sulfide) groups is 1. The number of aliphatic hydroxyl groups is 1. The molecular weight excluding hydrogens is 616 g/mol. The predicted molar refractivity (Wildman–Crippen MR) is 172 cm³/mol. The maximum Gasteiger partial charge on any atom is 0.248 e. The number of fused-ring (bicyclic) bond motifs is 1. The number of aliphatic hydroxyl groups excluding tert-OH is 1. The van der Waals surface area contributed by atoms with Crippen molar-refractivity contribution in [3.05, 3.63) is 60.2 Å². The highest BCUT2D eigenvalue weighted by Crippen LogP contribution is 2.68. The Morgan fingerprint density at radius 2 is 1.79 bits per heavy atom. The maximum absolute atomic E-state index is 14.4. The molecule has 0 radical (unpaired) electrons. The van der Waals surface area contributed by atoms with E-state index in [0.29, 0.717) is 25.1 Å². The summed E-state index contributed by atoms with van der Waals surface area (Å²) in [6.45, 7) is 8.23. The molecule has 42 heavy (non-hydrogen) atoms. The van der Waals surface area contributed by atoms with Crippen LogP contribution >= 0.6 is 27.7 Å². The summed E-state index contributed by atoms with van der Waals surface area (Å²) < 4.78 is -0.778. The molecule has 3 aliphatic rings. The van der Waals surface area contributed by atoms with Gasteiger partial charge >= 0.3 is 0 Å². The van der Waals surface area contributed by atoms with Crippen molar-refractivity contribution in [3.8, 4) is 0 Å². The second-order valence-corrected chi connectivity index (χ2v) is 14.2. The summed E-state index contributed by atoms with van der Waals surface area (Å²) >= 11 is 5.42. The third-order valence-corrected chi connectivity index (χ3v) is 12.2. The molecule has 226 valence electrons. The van der Waals surface area contributed by atoms with Crippen LogP contribution in [0, 0.1) is 11.8 Å². The zero-order valence-electron chi connectivity index (χ0n) is 24.5. The summed E-state index contributed by atoms with van der Waals surface area (Å²) in [5.74, 6) is -1.81. The number of hydrogen-bond donors (Lipinski definition) is 3. The van der Waals surface area contributed by atoms with E-state index in [-0.39, 0.29) is 34.4 Å². The fourth-order valence-electron chi connectivity index (χ4n) is 7.12. The average Bonchev–Trinajstić information content (AvgIpc) is 3.60. The lowest BCUT2D eigenvalue weighted by atomic mass is 9.70. The number of benzene rings is 2. The van der Waals surface area contributed by atoms with Crippen LogP contribution in [0.15, 0.2) is 54.6 Å². The normalized spacial score (nSPS) is 28.5. The molecule has 8 nitrogen and oxygen atoms in total. The quantitative estimate of drug-likeness (QED) is 0.298. The summed E-state index contributed by atoms with van der Waals surface area (Å²) in [6, 6.07) is 16.0. The molecule has 3 aliphatic heterocycles. The van der Waals surface area contributed by atoms with E-state index in [4.69, 9.17) is 0 Å². The third-order valence-electron chi connectivity index (χ3n) is 9.01. The number of hydrogen-bond acceptors (Lipinski definition) is 6. The first-order chi connectivity index (χ1) is 20.3. The number of carbonyl (C=O) groups excluding carboxylic acids is 3. The maximum atomic E-state index is 14.4. The minimum atomic E-state index is -0.836. The molecule has 5 rings (SSSR count). The minimum absolute atomic E-state index is 0.00534. The molecule has 0 aromatic heterocycles. The molecule has 2 aromatic rings. The van der Waals surface area contributed by atoms with Gasteiger partial charge in [-0.2, -0.15) is 0 Å². The van der Waals surface area contributed by atoms with Gasteiger partial charge in [0.2, 0.25) is 17.7 Å². The fourth-order valence-corrected chi connectivity index (χ4v) is 10.7. The Balaban J connectivity index is 1.51. The van der Waals surface area contributed by atoms with E-state index in [1.165, 1.54) is 0 Å². The molecule has 3 N–H and O–H groups in total.